The molecule has 1 heterocycles. The van der Waals surface area contributed by atoms with E-state index in [1.165, 1.54) is 0 Å². The van der Waals surface area contributed by atoms with Gasteiger partial charge in [0.2, 0.25) is 0 Å². The van der Waals surface area contributed by atoms with Gasteiger partial charge in [-0.2, -0.15) is 0 Å². The van der Waals surface area contributed by atoms with E-state index < -0.39 is 5.60 Å². The molecule has 92 valence electrons. The summed E-state index contributed by atoms with van der Waals surface area (Å²) in [6, 6.07) is 0. The molecule has 2 rings (SSSR count). The van der Waals surface area contributed by atoms with Gasteiger partial charge in [0.1, 0.15) is 6.61 Å². The number of hydrogen-bond acceptors (Lipinski definition) is 3. The summed E-state index contributed by atoms with van der Waals surface area (Å²) < 4.78 is 4.87. The third-order valence-corrected chi connectivity index (χ3v) is 3.86. The van der Waals surface area contributed by atoms with Gasteiger partial charge in [-0.05, 0) is 31.1 Å². The third kappa shape index (κ3) is 2.48. The molecule has 1 saturated carbocycles. The lowest BCUT2D eigenvalue weighted by atomic mass is 9.71. The number of aliphatic hydroxyl groups is 1. The van der Waals surface area contributed by atoms with Gasteiger partial charge in [0.05, 0.1) is 18.7 Å². The van der Waals surface area contributed by atoms with Gasteiger partial charge in [-0.25, -0.2) is 4.79 Å². The Morgan fingerprint density at radius 3 is 2.44 bits per heavy atom. The molecule has 0 radical (unpaired) electrons. The molecule has 16 heavy (non-hydrogen) atoms. The van der Waals surface area contributed by atoms with E-state index in [-0.39, 0.29) is 6.09 Å². The highest BCUT2D eigenvalue weighted by atomic mass is 16.6. The van der Waals surface area contributed by atoms with Crippen molar-refractivity contribution in [2.45, 2.75) is 45.1 Å². The SMILES string of the molecule is CC1(C)CCC(O)(CN2CCOC2=O)CC1. The number of hydrogen-bond donors (Lipinski definition) is 1. The van der Waals surface area contributed by atoms with Crippen molar-refractivity contribution in [1.82, 2.24) is 4.90 Å². The highest BCUT2D eigenvalue weighted by Crippen LogP contribution is 2.40. The quantitative estimate of drug-likeness (QED) is 0.782. The predicted molar refractivity (Wildman–Crippen MR) is 60.1 cm³/mol. The molecule has 0 aromatic rings. The molecule has 2 fully saturated rings. The maximum Gasteiger partial charge on any atom is 0.410 e. The molecular formula is C12H21NO3. The highest BCUT2D eigenvalue weighted by molar-refractivity contribution is 5.69. The number of carbonyl (C=O) groups is 1. The standard InChI is InChI=1S/C12H21NO3/c1-11(2)3-5-12(15,6-4-11)9-13-7-8-16-10(13)14/h15H,3-9H2,1-2H3. The minimum Gasteiger partial charge on any atom is -0.448 e. The Labute approximate surface area is 96.6 Å². The fourth-order valence-electron chi connectivity index (χ4n) is 2.47. The summed E-state index contributed by atoms with van der Waals surface area (Å²) in [5.41, 5.74) is -0.364. The Hall–Kier alpha value is -0.770. The number of rotatable bonds is 2. The van der Waals surface area contributed by atoms with Gasteiger partial charge in [0, 0.05) is 0 Å². The van der Waals surface area contributed by atoms with Crippen LogP contribution in [0.4, 0.5) is 4.79 Å². The van der Waals surface area contributed by atoms with Crippen molar-refractivity contribution < 1.29 is 14.6 Å². The van der Waals surface area contributed by atoms with E-state index >= 15 is 0 Å². The zero-order chi connectivity index (χ0) is 11.8. The zero-order valence-electron chi connectivity index (χ0n) is 10.2. The zero-order valence-corrected chi connectivity index (χ0v) is 10.2. The van der Waals surface area contributed by atoms with Crippen molar-refractivity contribution in [2.24, 2.45) is 5.41 Å². The molecule has 1 saturated heterocycles. The second-order valence-corrected chi connectivity index (χ2v) is 5.92. The maximum absolute atomic E-state index is 11.3. The first kappa shape index (κ1) is 11.7. The van der Waals surface area contributed by atoms with Gasteiger partial charge >= 0.3 is 6.09 Å². The first-order chi connectivity index (χ1) is 7.40. The minimum atomic E-state index is -0.696. The Balaban J connectivity index is 1.92. The molecule has 1 aliphatic carbocycles. The van der Waals surface area contributed by atoms with Gasteiger partial charge in [0.25, 0.3) is 0 Å². The molecule has 2 aliphatic rings. The van der Waals surface area contributed by atoms with Crippen molar-refractivity contribution in [3.05, 3.63) is 0 Å². The Morgan fingerprint density at radius 2 is 1.94 bits per heavy atom. The van der Waals surface area contributed by atoms with Crippen LogP contribution in [-0.4, -0.2) is 41.4 Å². The molecule has 1 aliphatic heterocycles. The first-order valence-corrected chi connectivity index (χ1v) is 6.04. The molecule has 4 nitrogen and oxygen atoms in total. The third-order valence-electron chi connectivity index (χ3n) is 3.86. The van der Waals surface area contributed by atoms with Crippen LogP contribution in [0, 0.1) is 5.41 Å². The van der Waals surface area contributed by atoms with Crippen LogP contribution < -0.4 is 0 Å². The van der Waals surface area contributed by atoms with Crippen LogP contribution in [0.15, 0.2) is 0 Å². The molecule has 0 aromatic heterocycles. The lowest BCUT2D eigenvalue weighted by Crippen LogP contribution is -2.47. The summed E-state index contributed by atoms with van der Waals surface area (Å²) in [5, 5.41) is 10.4. The molecule has 0 unspecified atom stereocenters. The smallest absolute Gasteiger partial charge is 0.410 e. The van der Waals surface area contributed by atoms with E-state index in [2.05, 4.69) is 13.8 Å². The summed E-state index contributed by atoms with van der Waals surface area (Å²) >= 11 is 0. The van der Waals surface area contributed by atoms with Crippen LogP contribution in [0.25, 0.3) is 0 Å². The Morgan fingerprint density at radius 1 is 1.31 bits per heavy atom. The van der Waals surface area contributed by atoms with Crippen LogP contribution in [0.1, 0.15) is 39.5 Å². The molecule has 0 bridgehead atoms. The summed E-state index contributed by atoms with van der Waals surface area (Å²) in [6.07, 6.45) is 3.32. The monoisotopic (exact) mass is 227 g/mol. The predicted octanol–water partition coefficient (Wildman–Crippen LogP) is 1.77. The highest BCUT2D eigenvalue weighted by Gasteiger charge is 2.39. The van der Waals surface area contributed by atoms with Crippen LogP contribution in [0.3, 0.4) is 0 Å². The molecule has 4 heteroatoms. The average Bonchev–Trinajstić information content (AvgIpc) is 2.58. The number of carbonyl (C=O) groups excluding carboxylic acids is 1. The summed E-state index contributed by atoms with van der Waals surface area (Å²) in [7, 11) is 0. The van der Waals surface area contributed by atoms with E-state index in [4.69, 9.17) is 4.74 Å². The molecular weight excluding hydrogens is 206 g/mol. The molecule has 0 aromatic carbocycles. The minimum absolute atomic E-state index is 0.279. The van der Waals surface area contributed by atoms with Crippen LogP contribution in [0.2, 0.25) is 0 Å². The lowest BCUT2D eigenvalue weighted by Gasteiger charge is -2.41. The van der Waals surface area contributed by atoms with Gasteiger partial charge < -0.3 is 14.7 Å². The Bertz CT molecular complexity index is 278. The second-order valence-electron chi connectivity index (χ2n) is 5.92. The number of β-amino-alcohol motifs (C(OH)–C–C–N with tert-alkyl or cyclic N) is 1. The van der Waals surface area contributed by atoms with Crippen molar-refractivity contribution in [3.63, 3.8) is 0 Å². The van der Waals surface area contributed by atoms with Crippen LogP contribution >= 0.6 is 0 Å². The average molecular weight is 227 g/mol. The van der Waals surface area contributed by atoms with Crippen LogP contribution in [0.5, 0.6) is 0 Å². The first-order valence-electron chi connectivity index (χ1n) is 6.04. The normalized spacial score (nSPS) is 27.9. The van der Waals surface area contributed by atoms with Crippen LogP contribution in [-0.2, 0) is 4.74 Å². The molecule has 0 atom stereocenters. The van der Waals surface area contributed by atoms with E-state index in [9.17, 15) is 9.90 Å². The topological polar surface area (TPSA) is 49.8 Å². The lowest BCUT2D eigenvalue weighted by molar-refractivity contribution is -0.0406. The summed E-state index contributed by atoms with van der Waals surface area (Å²) in [5.74, 6) is 0. The Kier molecular flexibility index (Phi) is 2.86. The van der Waals surface area contributed by atoms with E-state index in [1.54, 1.807) is 4.90 Å². The van der Waals surface area contributed by atoms with Gasteiger partial charge in [-0.15, -0.1) is 0 Å². The van der Waals surface area contributed by atoms with Gasteiger partial charge in [-0.3, -0.25) is 0 Å². The van der Waals surface area contributed by atoms with Crippen molar-refractivity contribution in [3.8, 4) is 0 Å². The molecule has 0 spiro atoms. The van der Waals surface area contributed by atoms with E-state index in [1.807, 2.05) is 0 Å². The molecule has 1 amide bonds. The number of cyclic esters (lactones) is 1. The van der Waals surface area contributed by atoms with Gasteiger partial charge in [-0.1, -0.05) is 13.8 Å². The van der Waals surface area contributed by atoms with Crippen molar-refractivity contribution in [1.29, 1.82) is 0 Å². The van der Waals surface area contributed by atoms with E-state index in [0.717, 1.165) is 25.7 Å². The summed E-state index contributed by atoms with van der Waals surface area (Å²) in [6.45, 7) is 5.97. The number of amides is 1. The fraction of sp³-hybridized carbons (Fsp3) is 0.917. The maximum atomic E-state index is 11.3. The second kappa shape index (κ2) is 3.91. The van der Waals surface area contributed by atoms with Gasteiger partial charge in [0.15, 0.2) is 0 Å². The summed E-state index contributed by atoms with van der Waals surface area (Å²) in [4.78, 5) is 12.9. The van der Waals surface area contributed by atoms with Crippen molar-refractivity contribution >= 4 is 6.09 Å². The molecule has 1 N–H and O–H groups in total. The number of nitrogens with zero attached hydrogens (tertiary/aromatic N) is 1. The fourth-order valence-corrected chi connectivity index (χ4v) is 2.47. The van der Waals surface area contributed by atoms with E-state index in [0.29, 0.717) is 25.1 Å². The number of ether oxygens (including phenoxy) is 1. The largest absolute Gasteiger partial charge is 0.448 e. The van der Waals surface area contributed by atoms with Crippen molar-refractivity contribution in [2.75, 3.05) is 19.7 Å².